The molecule has 1 heterocycles. The number of anilines is 3. The van der Waals surface area contributed by atoms with E-state index in [1.165, 1.54) is 70.0 Å². The summed E-state index contributed by atoms with van der Waals surface area (Å²) in [7, 11) is 0. The van der Waals surface area contributed by atoms with Crippen molar-refractivity contribution in [2.45, 2.75) is 38.5 Å². The van der Waals surface area contributed by atoms with E-state index in [2.05, 4.69) is 184 Å². The molecule has 0 saturated heterocycles. The van der Waals surface area contributed by atoms with E-state index in [1.54, 1.807) is 0 Å². The summed E-state index contributed by atoms with van der Waals surface area (Å²) in [6.07, 6.45) is 0. The van der Waals surface area contributed by atoms with Crippen molar-refractivity contribution in [3.8, 4) is 22.3 Å². The summed E-state index contributed by atoms with van der Waals surface area (Å²) in [5.41, 5.74) is 11.3. The Hall–Kier alpha value is -5.18. The van der Waals surface area contributed by atoms with Gasteiger partial charge in [-0.2, -0.15) is 0 Å². The number of benzene rings is 7. The zero-order valence-electron chi connectivity index (χ0n) is 27.8. The number of nitrogens with zero attached hydrogens (tertiary/aromatic N) is 1. The summed E-state index contributed by atoms with van der Waals surface area (Å²) in [4.78, 5) is 2.43. The highest BCUT2D eigenvalue weighted by Gasteiger charge is 2.46. The van der Waals surface area contributed by atoms with Crippen molar-refractivity contribution < 1.29 is 0 Å². The van der Waals surface area contributed by atoms with Crippen LogP contribution >= 0.6 is 11.3 Å². The molecule has 7 aromatic carbocycles. The lowest BCUT2D eigenvalue weighted by molar-refractivity contribution is 0.299. The van der Waals surface area contributed by atoms with Gasteiger partial charge in [-0.25, -0.2) is 0 Å². The number of rotatable bonds is 4. The Bertz CT molecular complexity index is 2500. The molecule has 0 fully saturated rings. The quantitative estimate of drug-likeness (QED) is 0.186. The van der Waals surface area contributed by atoms with E-state index in [0.29, 0.717) is 0 Å². The molecule has 8 aromatic rings. The van der Waals surface area contributed by atoms with Crippen molar-refractivity contribution in [1.29, 1.82) is 0 Å². The summed E-state index contributed by atoms with van der Waals surface area (Å²) in [5.74, 6) is 0. The minimum atomic E-state index is -0.109. The Kier molecular flexibility index (Phi) is 6.44. The third-order valence-electron chi connectivity index (χ3n) is 11.2. The van der Waals surface area contributed by atoms with E-state index >= 15 is 0 Å². The van der Waals surface area contributed by atoms with Gasteiger partial charge in [-0.1, -0.05) is 137 Å². The Morgan fingerprint density at radius 1 is 0.458 bits per heavy atom. The van der Waals surface area contributed by atoms with E-state index < -0.39 is 0 Å². The number of hydrogen-bond donors (Lipinski definition) is 0. The fraction of sp³-hybridized carbons (Fsp3) is 0.130. The van der Waals surface area contributed by atoms with Crippen LogP contribution in [-0.4, -0.2) is 0 Å². The third-order valence-corrected chi connectivity index (χ3v) is 12.4. The number of fused-ring (bicyclic) bond motifs is 8. The SMILES string of the molecule is CC1(C)c2cc(N(c3ccc(-c4ccccc4)cc3)c3ccc4ccccc4c3)ccc2-c2c(ccc3c2sc2ccccc23)C1(C)C. The van der Waals surface area contributed by atoms with Crippen LogP contribution in [0, 0.1) is 0 Å². The minimum Gasteiger partial charge on any atom is -0.310 e. The molecule has 232 valence electrons. The van der Waals surface area contributed by atoms with Gasteiger partial charge in [0.2, 0.25) is 0 Å². The highest BCUT2D eigenvalue weighted by Crippen LogP contribution is 2.58. The predicted octanol–water partition coefficient (Wildman–Crippen LogP) is 13.6. The Labute approximate surface area is 286 Å². The smallest absolute Gasteiger partial charge is 0.0468 e. The number of hydrogen-bond acceptors (Lipinski definition) is 2. The standard InChI is InChI=1S/C46H37NS/c1-45(2)40-27-26-38-37-16-10-11-17-42(37)48-44(38)43(40)39-25-24-36(29-41(39)46(45,3)4)47(35-23-20-31-14-8-9-15-33(31)28-35)34-21-18-32(19-22-34)30-12-6-5-7-13-30/h5-29H,1-4H3. The first-order valence-corrected chi connectivity index (χ1v) is 17.7. The summed E-state index contributed by atoms with van der Waals surface area (Å²) >= 11 is 1.94. The molecular formula is C46H37NS. The highest BCUT2D eigenvalue weighted by atomic mass is 32.1. The molecule has 0 bridgehead atoms. The lowest BCUT2D eigenvalue weighted by atomic mass is 9.55. The molecule has 0 spiro atoms. The summed E-state index contributed by atoms with van der Waals surface area (Å²) in [6.45, 7) is 9.74. The largest absolute Gasteiger partial charge is 0.310 e. The lowest BCUT2D eigenvalue weighted by Gasteiger charge is -2.48. The van der Waals surface area contributed by atoms with Gasteiger partial charge >= 0.3 is 0 Å². The van der Waals surface area contributed by atoms with Gasteiger partial charge in [0.1, 0.15) is 0 Å². The molecule has 0 radical (unpaired) electrons. The van der Waals surface area contributed by atoms with Crippen LogP contribution in [0.15, 0.2) is 152 Å². The first-order chi connectivity index (χ1) is 23.3. The Morgan fingerprint density at radius 2 is 1.08 bits per heavy atom. The van der Waals surface area contributed by atoms with Gasteiger partial charge in [0, 0.05) is 42.8 Å². The average molecular weight is 636 g/mol. The van der Waals surface area contributed by atoms with Crippen LogP contribution < -0.4 is 4.90 Å². The van der Waals surface area contributed by atoms with Crippen LogP contribution in [0.2, 0.25) is 0 Å². The molecule has 9 rings (SSSR count). The molecular weight excluding hydrogens is 599 g/mol. The van der Waals surface area contributed by atoms with Gasteiger partial charge < -0.3 is 4.90 Å². The summed E-state index contributed by atoms with van der Waals surface area (Å²) < 4.78 is 2.75. The van der Waals surface area contributed by atoms with Crippen molar-refractivity contribution in [2.24, 2.45) is 0 Å². The molecule has 0 atom stereocenters. The molecule has 0 unspecified atom stereocenters. The van der Waals surface area contributed by atoms with Gasteiger partial charge in [0.15, 0.2) is 0 Å². The third kappa shape index (κ3) is 4.29. The minimum absolute atomic E-state index is 0.0799. The second kappa shape index (κ2) is 10.7. The first-order valence-electron chi connectivity index (χ1n) is 16.9. The Balaban J connectivity index is 1.27. The van der Waals surface area contributed by atoms with Gasteiger partial charge in [-0.15, -0.1) is 11.3 Å². The lowest BCUT2D eigenvalue weighted by Crippen LogP contribution is -2.43. The molecule has 0 aliphatic heterocycles. The second-order valence-electron chi connectivity index (χ2n) is 14.2. The maximum absolute atomic E-state index is 2.48. The zero-order valence-corrected chi connectivity index (χ0v) is 28.6. The van der Waals surface area contributed by atoms with E-state index in [0.717, 1.165) is 11.4 Å². The molecule has 0 N–H and O–H groups in total. The normalized spacial score (nSPS) is 14.6. The van der Waals surface area contributed by atoms with E-state index in [1.807, 2.05) is 11.3 Å². The highest BCUT2D eigenvalue weighted by molar-refractivity contribution is 7.26. The molecule has 2 heteroatoms. The van der Waals surface area contributed by atoms with Crippen LogP contribution in [0.3, 0.4) is 0 Å². The molecule has 48 heavy (non-hydrogen) atoms. The molecule has 1 nitrogen and oxygen atoms in total. The second-order valence-corrected chi connectivity index (χ2v) is 15.3. The first kappa shape index (κ1) is 29.0. The fourth-order valence-electron chi connectivity index (χ4n) is 7.85. The predicted molar refractivity (Wildman–Crippen MR) is 208 cm³/mol. The molecule has 0 saturated carbocycles. The van der Waals surface area contributed by atoms with Gasteiger partial charge in [-0.05, 0) is 91.9 Å². The summed E-state index contributed by atoms with van der Waals surface area (Å²) in [5, 5.41) is 5.19. The van der Waals surface area contributed by atoms with Crippen LogP contribution in [0.25, 0.3) is 53.2 Å². The average Bonchev–Trinajstić information content (AvgIpc) is 3.50. The van der Waals surface area contributed by atoms with Gasteiger partial charge in [-0.3, -0.25) is 0 Å². The van der Waals surface area contributed by atoms with E-state index in [4.69, 9.17) is 0 Å². The van der Waals surface area contributed by atoms with Crippen LogP contribution in [0.5, 0.6) is 0 Å². The van der Waals surface area contributed by atoms with Gasteiger partial charge in [0.25, 0.3) is 0 Å². The van der Waals surface area contributed by atoms with Crippen molar-refractivity contribution in [1.82, 2.24) is 0 Å². The van der Waals surface area contributed by atoms with Crippen LogP contribution in [0.4, 0.5) is 17.1 Å². The van der Waals surface area contributed by atoms with Crippen molar-refractivity contribution in [3.63, 3.8) is 0 Å². The zero-order chi connectivity index (χ0) is 32.6. The molecule has 0 amide bonds. The van der Waals surface area contributed by atoms with Crippen molar-refractivity contribution in [2.75, 3.05) is 4.90 Å². The topological polar surface area (TPSA) is 3.24 Å². The van der Waals surface area contributed by atoms with Crippen molar-refractivity contribution >= 4 is 59.3 Å². The Morgan fingerprint density at radius 3 is 1.90 bits per heavy atom. The fourth-order valence-corrected chi connectivity index (χ4v) is 9.12. The summed E-state index contributed by atoms with van der Waals surface area (Å²) in [6, 6.07) is 56.0. The molecule has 1 aliphatic carbocycles. The van der Waals surface area contributed by atoms with Gasteiger partial charge in [0.05, 0.1) is 0 Å². The maximum Gasteiger partial charge on any atom is 0.0468 e. The maximum atomic E-state index is 2.48. The van der Waals surface area contributed by atoms with Crippen LogP contribution in [-0.2, 0) is 10.8 Å². The molecule has 1 aliphatic rings. The van der Waals surface area contributed by atoms with E-state index in [9.17, 15) is 0 Å². The number of thiophene rings is 1. The molecule has 1 aromatic heterocycles. The van der Waals surface area contributed by atoms with Crippen LogP contribution in [0.1, 0.15) is 38.8 Å². The monoisotopic (exact) mass is 635 g/mol. The van der Waals surface area contributed by atoms with E-state index in [-0.39, 0.29) is 10.8 Å². The van der Waals surface area contributed by atoms with Crippen molar-refractivity contribution in [3.05, 3.63) is 163 Å².